The van der Waals surface area contributed by atoms with Crippen LogP contribution >= 0.6 is 0 Å². The zero-order valence-corrected chi connectivity index (χ0v) is 7.43. The Hall–Kier alpha value is -1.45. The third-order valence-corrected chi connectivity index (χ3v) is 1.84. The maximum Gasteiger partial charge on any atom is 0.342 e. The van der Waals surface area contributed by atoms with E-state index in [0.717, 1.165) is 6.08 Å². The molecule has 0 bridgehead atoms. The van der Waals surface area contributed by atoms with Crippen LogP contribution in [-0.2, 0) is 4.79 Å². The Labute approximate surface area is 77.1 Å². The molecule has 1 rings (SSSR count). The highest BCUT2D eigenvalue weighted by Gasteiger charge is 2.21. The molecule has 0 radical (unpaired) electrons. The molecular weight excluding hydrogens is 166 g/mol. The molecule has 1 amide bonds. The Morgan fingerprint density at radius 2 is 2.00 bits per heavy atom. The molecule has 0 fully saturated rings. The van der Waals surface area contributed by atoms with Crippen molar-refractivity contribution >= 4 is 11.6 Å². The summed E-state index contributed by atoms with van der Waals surface area (Å²) in [4.78, 5) is 11.2. The molecule has 1 aromatic carbocycles. The molecule has 0 aliphatic heterocycles. The van der Waals surface area contributed by atoms with Gasteiger partial charge in [0.05, 0.1) is 7.05 Å². The molecule has 13 heavy (non-hydrogen) atoms. The molecule has 0 saturated heterocycles. The molecule has 0 saturated carbocycles. The van der Waals surface area contributed by atoms with Crippen molar-refractivity contribution in [1.82, 2.24) is 4.65 Å². The lowest BCUT2D eigenvalue weighted by Crippen LogP contribution is -2.43. The van der Waals surface area contributed by atoms with Crippen molar-refractivity contribution < 1.29 is 4.79 Å². The third-order valence-electron chi connectivity index (χ3n) is 1.84. The Kier molecular flexibility index (Phi) is 2.60. The van der Waals surface area contributed by atoms with Crippen LogP contribution in [0.4, 0.5) is 5.69 Å². The SMILES string of the molecule is C=CC(=O)[N+](C)([O-])c1ccccc1. The van der Waals surface area contributed by atoms with Crippen molar-refractivity contribution in [3.63, 3.8) is 0 Å². The maximum absolute atomic E-state index is 11.8. The van der Waals surface area contributed by atoms with Crippen LogP contribution in [0.1, 0.15) is 0 Å². The van der Waals surface area contributed by atoms with E-state index < -0.39 is 10.6 Å². The van der Waals surface area contributed by atoms with E-state index in [-0.39, 0.29) is 0 Å². The topological polar surface area (TPSA) is 40.1 Å². The fourth-order valence-electron chi connectivity index (χ4n) is 1.01. The summed E-state index contributed by atoms with van der Waals surface area (Å²) in [5, 5.41) is 11.8. The molecule has 1 unspecified atom stereocenters. The summed E-state index contributed by atoms with van der Waals surface area (Å²) in [7, 11) is 1.29. The van der Waals surface area contributed by atoms with Gasteiger partial charge in [-0.25, -0.2) is 4.79 Å². The van der Waals surface area contributed by atoms with Gasteiger partial charge in [-0.1, -0.05) is 24.8 Å². The number of hydroxylamine groups is 2. The van der Waals surface area contributed by atoms with Crippen molar-refractivity contribution in [3.8, 4) is 0 Å². The zero-order valence-electron chi connectivity index (χ0n) is 7.43. The lowest BCUT2D eigenvalue weighted by atomic mass is 10.3. The molecule has 1 aromatic rings. The minimum atomic E-state index is -1.04. The van der Waals surface area contributed by atoms with E-state index in [0.29, 0.717) is 5.69 Å². The molecular formula is C10H11NO2. The Balaban J connectivity index is 3.07. The number of hydrogen-bond acceptors (Lipinski definition) is 2. The lowest BCUT2D eigenvalue weighted by Gasteiger charge is -2.33. The number of carbonyl (C=O) groups excluding carboxylic acids is 1. The number of amides is 1. The van der Waals surface area contributed by atoms with Gasteiger partial charge in [0.1, 0.15) is 5.69 Å². The van der Waals surface area contributed by atoms with Gasteiger partial charge in [0, 0.05) is 6.08 Å². The van der Waals surface area contributed by atoms with Crippen LogP contribution in [0, 0.1) is 5.21 Å². The van der Waals surface area contributed by atoms with E-state index in [1.165, 1.54) is 7.05 Å². The van der Waals surface area contributed by atoms with Crippen molar-refractivity contribution in [1.29, 1.82) is 0 Å². The van der Waals surface area contributed by atoms with Crippen LogP contribution < -0.4 is 4.65 Å². The maximum atomic E-state index is 11.8. The average Bonchev–Trinajstić information content (AvgIpc) is 2.18. The Bertz CT molecular complexity index is 317. The molecule has 0 spiro atoms. The minimum Gasteiger partial charge on any atom is -0.620 e. The predicted molar refractivity (Wildman–Crippen MR) is 52.7 cm³/mol. The van der Waals surface area contributed by atoms with E-state index in [1.54, 1.807) is 30.3 Å². The third kappa shape index (κ3) is 1.83. The molecule has 0 aromatic heterocycles. The molecule has 0 aliphatic rings. The standard InChI is InChI=1S/C10H11NO2/c1-3-10(12)11(2,13)9-7-5-4-6-8-9/h3-8H,1H2,2H3. The second-order valence-electron chi connectivity index (χ2n) is 2.80. The molecule has 1 atom stereocenters. The van der Waals surface area contributed by atoms with Gasteiger partial charge in [0.25, 0.3) is 0 Å². The summed E-state index contributed by atoms with van der Waals surface area (Å²) >= 11 is 0. The van der Waals surface area contributed by atoms with Crippen LogP contribution in [0.5, 0.6) is 0 Å². The molecule has 3 nitrogen and oxygen atoms in total. The number of carbonyl (C=O) groups is 1. The van der Waals surface area contributed by atoms with E-state index >= 15 is 0 Å². The quantitative estimate of drug-likeness (QED) is 0.393. The van der Waals surface area contributed by atoms with Crippen molar-refractivity contribution in [2.45, 2.75) is 0 Å². The molecule has 68 valence electrons. The fourth-order valence-corrected chi connectivity index (χ4v) is 1.01. The highest BCUT2D eigenvalue weighted by Crippen LogP contribution is 2.19. The van der Waals surface area contributed by atoms with Crippen molar-refractivity contribution in [2.24, 2.45) is 0 Å². The number of hydrogen-bond donors (Lipinski definition) is 0. The predicted octanol–water partition coefficient (Wildman–Crippen LogP) is 1.83. The molecule has 3 heteroatoms. The smallest absolute Gasteiger partial charge is 0.342 e. The Morgan fingerprint density at radius 1 is 1.46 bits per heavy atom. The Morgan fingerprint density at radius 3 is 2.46 bits per heavy atom. The largest absolute Gasteiger partial charge is 0.620 e. The monoisotopic (exact) mass is 177 g/mol. The number of benzene rings is 1. The van der Waals surface area contributed by atoms with Gasteiger partial charge in [-0.05, 0) is 12.1 Å². The molecule has 0 heterocycles. The van der Waals surface area contributed by atoms with Gasteiger partial charge in [0.2, 0.25) is 0 Å². The summed E-state index contributed by atoms with van der Waals surface area (Å²) in [6.07, 6.45) is 1.04. The van der Waals surface area contributed by atoms with Crippen LogP contribution in [-0.4, -0.2) is 13.0 Å². The van der Waals surface area contributed by atoms with Gasteiger partial charge in [-0.15, -0.1) is 0 Å². The van der Waals surface area contributed by atoms with Gasteiger partial charge in [-0.3, -0.25) is 4.65 Å². The number of nitrogens with zero attached hydrogens (tertiary/aromatic N) is 1. The summed E-state index contributed by atoms with van der Waals surface area (Å²) in [5.41, 5.74) is 0.410. The number of para-hydroxylation sites is 1. The summed E-state index contributed by atoms with van der Waals surface area (Å²) in [6, 6.07) is 8.48. The van der Waals surface area contributed by atoms with Crippen molar-refractivity contribution in [2.75, 3.05) is 7.05 Å². The van der Waals surface area contributed by atoms with E-state index in [9.17, 15) is 10.0 Å². The second-order valence-corrected chi connectivity index (χ2v) is 2.80. The first-order valence-electron chi connectivity index (χ1n) is 3.89. The first kappa shape index (κ1) is 9.64. The van der Waals surface area contributed by atoms with Gasteiger partial charge < -0.3 is 5.21 Å². The summed E-state index contributed by atoms with van der Waals surface area (Å²) in [5.74, 6) is -0.564. The molecule has 0 N–H and O–H groups in total. The fraction of sp³-hybridized carbons (Fsp3) is 0.100. The first-order valence-corrected chi connectivity index (χ1v) is 3.89. The lowest BCUT2D eigenvalue weighted by molar-refractivity contribution is -0.122. The highest BCUT2D eigenvalue weighted by molar-refractivity contribution is 5.96. The summed E-state index contributed by atoms with van der Waals surface area (Å²) < 4.78 is -1.04. The van der Waals surface area contributed by atoms with Gasteiger partial charge in [0.15, 0.2) is 0 Å². The van der Waals surface area contributed by atoms with Crippen molar-refractivity contribution in [3.05, 3.63) is 48.2 Å². The zero-order chi connectivity index (χ0) is 9.90. The van der Waals surface area contributed by atoms with E-state index in [2.05, 4.69) is 6.58 Å². The highest BCUT2D eigenvalue weighted by atomic mass is 16.6. The van der Waals surface area contributed by atoms with Crippen LogP contribution in [0.25, 0.3) is 0 Å². The average molecular weight is 177 g/mol. The normalized spacial score (nSPS) is 14.6. The van der Waals surface area contributed by atoms with Gasteiger partial charge >= 0.3 is 5.91 Å². The van der Waals surface area contributed by atoms with Crippen LogP contribution in [0.3, 0.4) is 0 Å². The van der Waals surface area contributed by atoms with Crippen LogP contribution in [0.2, 0.25) is 0 Å². The van der Waals surface area contributed by atoms with E-state index in [4.69, 9.17) is 0 Å². The van der Waals surface area contributed by atoms with Gasteiger partial charge in [-0.2, -0.15) is 0 Å². The minimum absolute atomic E-state index is 0.410. The number of quaternary nitrogens is 1. The number of rotatable bonds is 2. The van der Waals surface area contributed by atoms with Crippen LogP contribution in [0.15, 0.2) is 43.0 Å². The van der Waals surface area contributed by atoms with E-state index in [1.807, 2.05) is 0 Å². The summed E-state index contributed by atoms with van der Waals surface area (Å²) in [6.45, 7) is 3.29. The number of likely N-dealkylation sites (N-methyl/N-ethyl adjacent to an activating group) is 1. The second kappa shape index (κ2) is 3.51. The molecule has 0 aliphatic carbocycles. The first-order chi connectivity index (χ1) is 6.09.